The molecule has 0 aromatic heterocycles. The molecule has 3 heteroatoms. The molecule has 3 nitrogen and oxygen atoms in total. The standard InChI is InChI=1S/C20H43NO2/c1-4-5-6-7-8-9-10-11-12-13-14-15-16-17-18-19(22)20(2,3)21-23/h19,22H,4-18,21H2,1-3H3. The maximum Gasteiger partial charge on any atom is 0.116 e. The van der Waals surface area contributed by atoms with Gasteiger partial charge in [0.1, 0.15) is 11.6 Å². The first-order valence-corrected chi connectivity index (χ1v) is 10.2. The van der Waals surface area contributed by atoms with E-state index < -0.39 is 11.6 Å². The molecule has 140 valence electrons. The summed E-state index contributed by atoms with van der Waals surface area (Å²) in [6.07, 6.45) is 19.1. The van der Waals surface area contributed by atoms with Gasteiger partial charge in [0.25, 0.3) is 0 Å². The molecule has 0 aliphatic rings. The lowest BCUT2D eigenvalue weighted by Gasteiger charge is -2.30. The third-order valence-corrected chi connectivity index (χ3v) is 4.99. The minimum atomic E-state index is -0.587. The largest absolute Gasteiger partial charge is 0.635 e. The molecule has 23 heavy (non-hydrogen) atoms. The van der Waals surface area contributed by atoms with Crippen LogP contribution in [0.4, 0.5) is 0 Å². The summed E-state index contributed by atoms with van der Waals surface area (Å²) in [7, 11) is 0. The van der Waals surface area contributed by atoms with E-state index in [1.54, 1.807) is 0 Å². The van der Waals surface area contributed by atoms with Gasteiger partial charge in [0, 0.05) is 0 Å². The van der Waals surface area contributed by atoms with Crippen LogP contribution < -0.4 is 5.48 Å². The summed E-state index contributed by atoms with van der Waals surface area (Å²) in [6.45, 7) is 5.90. The number of aliphatic hydroxyl groups is 1. The van der Waals surface area contributed by atoms with Gasteiger partial charge in [-0.3, -0.25) is 0 Å². The topological polar surface area (TPSA) is 59.9 Å². The van der Waals surface area contributed by atoms with Crippen molar-refractivity contribution in [3.8, 4) is 0 Å². The molecule has 0 aromatic carbocycles. The zero-order valence-electron chi connectivity index (χ0n) is 16.1. The van der Waals surface area contributed by atoms with Crippen molar-refractivity contribution in [2.75, 3.05) is 0 Å². The maximum atomic E-state index is 10.9. The van der Waals surface area contributed by atoms with Crippen molar-refractivity contribution in [2.45, 2.75) is 129 Å². The highest BCUT2D eigenvalue weighted by Crippen LogP contribution is 2.15. The van der Waals surface area contributed by atoms with Crippen LogP contribution in [0, 0.1) is 5.21 Å². The molecule has 0 heterocycles. The molecule has 0 radical (unpaired) electrons. The Labute approximate surface area is 145 Å². The Morgan fingerprint density at radius 2 is 1.09 bits per heavy atom. The second kappa shape index (κ2) is 15.4. The Balaban J connectivity index is 3.19. The lowest BCUT2D eigenvalue weighted by Crippen LogP contribution is -2.93. The van der Waals surface area contributed by atoms with E-state index in [0.717, 1.165) is 18.3 Å². The summed E-state index contributed by atoms with van der Waals surface area (Å²) in [4.78, 5) is 0. The van der Waals surface area contributed by atoms with E-state index >= 15 is 0 Å². The number of nitrogens with two attached hydrogens (primary N) is 1. The molecule has 0 aliphatic carbocycles. The number of hydroxylamine groups is 1. The predicted molar refractivity (Wildman–Crippen MR) is 100 cm³/mol. The Morgan fingerprint density at radius 3 is 1.43 bits per heavy atom. The second-order valence-electron chi connectivity index (χ2n) is 7.84. The van der Waals surface area contributed by atoms with Crippen molar-refractivity contribution >= 4 is 0 Å². The van der Waals surface area contributed by atoms with E-state index in [0.29, 0.717) is 0 Å². The fourth-order valence-electron chi connectivity index (χ4n) is 2.98. The zero-order valence-corrected chi connectivity index (χ0v) is 16.1. The smallest absolute Gasteiger partial charge is 0.116 e. The van der Waals surface area contributed by atoms with Crippen LogP contribution in [0.1, 0.15) is 117 Å². The molecular weight excluding hydrogens is 286 g/mol. The van der Waals surface area contributed by atoms with Crippen molar-refractivity contribution in [1.29, 1.82) is 0 Å². The van der Waals surface area contributed by atoms with E-state index in [1.807, 2.05) is 13.8 Å². The molecular formula is C20H43NO2. The van der Waals surface area contributed by atoms with Gasteiger partial charge in [0.2, 0.25) is 0 Å². The Hall–Kier alpha value is -0.120. The van der Waals surface area contributed by atoms with E-state index in [2.05, 4.69) is 6.92 Å². The molecule has 0 saturated carbocycles. The number of rotatable bonds is 17. The van der Waals surface area contributed by atoms with Crippen LogP contribution in [0.3, 0.4) is 0 Å². The first kappa shape index (κ1) is 22.9. The van der Waals surface area contributed by atoms with Gasteiger partial charge in [-0.25, -0.2) is 0 Å². The predicted octanol–water partition coefficient (Wildman–Crippen LogP) is 5.06. The van der Waals surface area contributed by atoms with Gasteiger partial charge in [0.15, 0.2) is 0 Å². The van der Waals surface area contributed by atoms with Gasteiger partial charge in [-0.05, 0) is 20.3 Å². The SMILES string of the molecule is CCCCCCCCCCCCCCCCC(O)C(C)(C)[NH2+][O-]. The highest BCUT2D eigenvalue weighted by atomic mass is 16.5. The summed E-state index contributed by atoms with van der Waals surface area (Å²) in [5.74, 6) is 0. The van der Waals surface area contributed by atoms with Crippen molar-refractivity contribution in [3.63, 3.8) is 0 Å². The molecule has 1 atom stereocenters. The molecule has 1 unspecified atom stereocenters. The fraction of sp³-hybridized carbons (Fsp3) is 1.00. The molecule has 0 fully saturated rings. The Morgan fingerprint density at radius 1 is 0.739 bits per heavy atom. The van der Waals surface area contributed by atoms with Crippen molar-refractivity contribution < 1.29 is 10.6 Å². The van der Waals surface area contributed by atoms with Crippen LogP contribution in [0.5, 0.6) is 0 Å². The average Bonchev–Trinajstić information content (AvgIpc) is 2.54. The van der Waals surface area contributed by atoms with Gasteiger partial charge in [0.05, 0.1) is 0 Å². The lowest BCUT2D eigenvalue weighted by molar-refractivity contribution is -0.672. The van der Waals surface area contributed by atoms with Crippen LogP contribution in [0.2, 0.25) is 0 Å². The number of hydrogen-bond donors (Lipinski definition) is 2. The quantitative estimate of drug-likeness (QED) is 0.289. The van der Waals surface area contributed by atoms with Crippen LogP contribution >= 0.6 is 0 Å². The normalized spacial score (nSPS) is 13.4. The van der Waals surface area contributed by atoms with E-state index in [-0.39, 0.29) is 0 Å². The first-order valence-electron chi connectivity index (χ1n) is 10.2. The minimum absolute atomic E-state index is 0.489. The minimum Gasteiger partial charge on any atom is -0.635 e. The molecule has 0 amide bonds. The molecule has 0 aromatic rings. The zero-order chi connectivity index (χ0) is 17.4. The Bertz CT molecular complexity index is 244. The maximum absolute atomic E-state index is 10.9. The van der Waals surface area contributed by atoms with Crippen LogP contribution in [-0.2, 0) is 0 Å². The summed E-state index contributed by atoms with van der Waals surface area (Å²) in [5, 5.41) is 20.8. The van der Waals surface area contributed by atoms with Crippen molar-refractivity contribution in [2.24, 2.45) is 0 Å². The van der Waals surface area contributed by atoms with Crippen molar-refractivity contribution in [3.05, 3.63) is 5.21 Å². The van der Waals surface area contributed by atoms with Crippen molar-refractivity contribution in [1.82, 2.24) is 0 Å². The molecule has 0 aliphatic heterocycles. The van der Waals surface area contributed by atoms with Crippen LogP contribution in [0.15, 0.2) is 0 Å². The van der Waals surface area contributed by atoms with Gasteiger partial charge in [-0.15, -0.1) is 0 Å². The number of hydrogen-bond acceptors (Lipinski definition) is 2. The average molecular weight is 330 g/mol. The number of quaternary nitrogens is 1. The van der Waals surface area contributed by atoms with Gasteiger partial charge < -0.3 is 15.8 Å². The summed E-state index contributed by atoms with van der Waals surface area (Å²) < 4.78 is 0. The number of aliphatic hydroxyl groups excluding tert-OH is 1. The Kier molecular flexibility index (Phi) is 15.3. The van der Waals surface area contributed by atoms with E-state index in [4.69, 9.17) is 0 Å². The molecule has 0 saturated heterocycles. The third-order valence-electron chi connectivity index (χ3n) is 4.99. The van der Waals surface area contributed by atoms with Gasteiger partial charge in [-0.1, -0.05) is 96.8 Å². The first-order chi connectivity index (χ1) is 11.0. The molecule has 0 rings (SSSR count). The summed E-state index contributed by atoms with van der Waals surface area (Å²) in [5.41, 5.74) is 0.290. The highest BCUT2D eigenvalue weighted by Gasteiger charge is 2.27. The van der Waals surface area contributed by atoms with Crippen LogP contribution in [-0.4, -0.2) is 16.7 Å². The van der Waals surface area contributed by atoms with Gasteiger partial charge >= 0.3 is 0 Å². The van der Waals surface area contributed by atoms with E-state index in [9.17, 15) is 10.3 Å². The van der Waals surface area contributed by atoms with E-state index in [1.165, 1.54) is 83.5 Å². The monoisotopic (exact) mass is 329 g/mol. The second-order valence-corrected chi connectivity index (χ2v) is 7.84. The number of unbranched alkanes of at least 4 members (excludes halogenated alkanes) is 13. The molecule has 3 N–H and O–H groups in total. The molecule has 0 bridgehead atoms. The molecule has 0 spiro atoms. The fourth-order valence-corrected chi connectivity index (χ4v) is 2.98. The summed E-state index contributed by atoms with van der Waals surface area (Å²) in [6, 6.07) is 0. The lowest BCUT2D eigenvalue weighted by atomic mass is 9.93. The van der Waals surface area contributed by atoms with Gasteiger partial charge in [-0.2, -0.15) is 0 Å². The third kappa shape index (κ3) is 14.0. The summed E-state index contributed by atoms with van der Waals surface area (Å²) >= 11 is 0. The van der Waals surface area contributed by atoms with Crippen LogP contribution in [0.25, 0.3) is 0 Å². The highest BCUT2D eigenvalue weighted by molar-refractivity contribution is 4.75.